The van der Waals surface area contributed by atoms with E-state index in [0.717, 1.165) is 23.9 Å². The highest BCUT2D eigenvalue weighted by Crippen LogP contribution is 2.11. The van der Waals surface area contributed by atoms with Gasteiger partial charge in [-0.05, 0) is 25.0 Å². The third-order valence-corrected chi connectivity index (χ3v) is 3.80. The lowest BCUT2D eigenvalue weighted by molar-refractivity contribution is 0.0957. The maximum absolute atomic E-state index is 12.1. The molecular formula is C18H25N3O. The zero-order valence-corrected chi connectivity index (χ0v) is 13.4. The summed E-state index contributed by atoms with van der Waals surface area (Å²) in [5, 5.41) is 7.91. The van der Waals surface area contributed by atoms with Crippen LogP contribution in [0.3, 0.4) is 0 Å². The molecule has 0 aliphatic rings. The molecule has 2 aromatic rings. The van der Waals surface area contributed by atoms with Crippen molar-refractivity contribution in [3.63, 3.8) is 0 Å². The van der Waals surface area contributed by atoms with Crippen molar-refractivity contribution in [3.05, 3.63) is 36.4 Å². The van der Waals surface area contributed by atoms with Crippen molar-refractivity contribution in [1.82, 2.24) is 15.0 Å². The molecule has 4 heteroatoms. The fourth-order valence-electron chi connectivity index (χ4n) is 2.51. The molecule has 0 fully saturated rings. The molecule has 0 radical (unpaired) electrons. The van der Waals surface area contributed by atoms with E-state index in [2.05, 4.69) is 17.2 Å². The van der Waals surface area contributed by atoms with Gasteiger partial charge in [-0.3, -0.25) is 4.79 Å². The van der Waals surface area contributed by atoms with E-state index in [4.69, 9.17) is 0 Å². The van der Waals surface area contributed by atoms with Gasteiger partial charge < -0.3 is 0 Å². The van der Waals surface area contributed by atoms with Gasteiger partial charge in [0, 0.05) is 6.08 Å². The Morgan fingerprint density at radius 2 is 1.82 bits per heavy atom. The van der Waals surface area contributed by atoms with Gasteiger partial charge in [0.25, 0.3) is 5.91 Å². The predicted molar refractivity (Wildman–Crippen MR) is 89.9 cm³/mol. The molecule has 0 saturated carbocycles. The van der Waals surface area contributed by atoms with Crippen molar-refractivity contribution < 1.29 is 4.79 Å². The van der Waals surface area contributed by atoms with Crippen LogP contribution in [0.4, 0.5) is 0 Å². The molecule has 0 N–H and O–H groups in total. The molecule has 0 unspecified atom stereocenters. The summed E-state index contributed by atoms with van der Waals surface area (Å²) in [6, 6.07) is 7.49. The summed E-state index contributed by atoms with van der Waals surface area (Å²) < 4.78 is 1.36. The summed E-state index contributed by atoms with van der Waals surface area (Å²) in [5.74, 6) is -0.128. The van der Waals surface area contributed by atoms with E-state index in [1.807, 2.05) is 30.3 Å². The minimum Gasteiger partial charge on any atom is -0.267 e. The topological polar surface area (TPSA) is 47.8 Å². The summed E-state index contributed by atoms with van der Waals surface area (Å²) in [6.07, 6.45) is 13.5. The Labute approximate surface area is 132 Å². The molecule has 0 amide bonds. The maximum Gasteiger partial charge on any atom is 0.272 e. The molecule has 2 rings (SSSR count). The van der Waals surface area contributed by atoms with E-state index in [0.29, 0.717) is 0 Å². The summed E-state index contributed by atoms with van der Waals surface area (Å²) >= 11 is 0. The van der Waals surface area contributed by atoms with Gasteiger partial charge in [-0.15, -0.1) is 5.10 Å². The molecular weight excluding hydrogens is 274 g/mol. The first-order valence-electron chi connectivity index (χ1n) is 8.34. The minimum absolute atomic E-state index is 0.128. The Balaban J connectivity index is 1.71. The molecule has 0 bridgehead atoms. The van der Waals surface area contributed by atoms with Crippen molar-refractivity contribution >= 4 is 16.9 Å². The van der Waals surface area contributed by atoms with Crippen LogP contribution in [0.25, 0.3) is 11.0 Å². The fourth-order valence-corrected chi connectivity index (χ4v) is 2.51. The smallest absolute Gasteiger partial charge is 0.267 e. The van der Waals surface area contributed by atoms with Crippen LogP contribution in [0.1, 0.15) is 63.1 Å². The number of unbranched alkanes of at least 4 members (excludes halogenated alkanes) is 7. The van der Waals surface area contributed by atoms with E-state index in [1.165, 1.54) is 43.2 Å². The summed E-state index contributed by atoms with van der Waals surface area (Å²) in [6.45, 7) is 2.24. The fraction of sp³-hybridized carbons (Fsp3) is 0.500. The van der Waals surface area contributed by atoms with Crippen LogP contribution in [0.2, 0.25) is 0 Å². The number of rotatable bonds is 9. The lowest BCUT2D eigenvalue weighted by atomic mass is 10.1. The van der Waals surface area contributed by atoms with Gasteiger partial charge in [-0.25, -0.2) is 0 Å². The quantitative estimate of drug-likeness (QED) is 0.495. The van der Waals surface area contributed by atoms with Crippen molar-refractivity contribution in [3.8, 4) is 0 Å². The molecule has 1 aromatic heterocycles. The van der Waals surface area contributed by atoms with Crippen LogP contribution in [0.15, 0.2) is 36.4 Å². The van der Waals surface area contributed by atoms with Crippen LogP contribution in [-0.2, 0) is 0 Å². The van der Waals surface area contributed by atoms with Crippen LogP contribution in [-0.4, -0.2) is 20.9 Å². The minimum atomic E-state index is -0.128. The van der Waals surface area contributed by atoms with E-state index < -0.39 is 0 Å². The van der Waals surface area contributed by atoms with Gasteiger partial charge in [0.05, 0.1) is 5.52 Å². The van der Waals surface area contributed by atoms with E-state index in [9.17, 15) is 4.79 Å². The molecule has 0 spiro atoms. The lowest BCUT2D eigenvalue weighted by Crippen LogP contribution is -2.08. The number of allylic oxidation sites excluding steroid dienone is 2. The molecule has 0 saturated heterocycles. The van der Waals surface area contributed by atoms with E-state index in [1.54, 1.807) is 6.08 Å². The number of carbonyl (C=O) groups is 1. The number of aromatic nitrogens is 3. The highest BCUT2D eigenvalue weighted by atomic mass is 16.2. The maximum atomic E-state index is 12.1. The molecule has 0 aliphatic carbocycles. The third kappa shape index (κ3) is 4.79. The van der Waals surface area contributed by atoms with Gasteiger partial charge in [0.1, 0.15) is 5.52 Å². The van der Waals surface area contributed by atoms with Crippen molar-refractivity contribution in [2.75, 3.05) is 0 Å². The SMILES string of the molecule is CCCCCCCCC/C=C/C(=O)n1nnc2ccccc21. The summed E-state index contributed by atoms with van der Waals surface area (Å²) in [4.78, 5) is 12.1. The van der Waals surface area contributed by atoms with Crippen LogP contribution < -0.4 is 0 Å². The molecule has 4 nitrogen and oxygen atoms in total. The van der Waals surface area contributed by atoms with Crippen LogP contribution in [0.5, 0.6) is 0 Å². The monoisotopic (exact) mass is 299 g/mol. The van der Waals surface area contributed by atoms with E-state index >= 15 is 0 Å². The Kier molecular flexibility index (Phi) is 6.81. The van der Waals surface area contributed by atoms with Gasteiger partial charge in [0.2, 0.25) is 0 Å². The highest BCUT2D eigenvalue weighted by Gasteiger charge is 2.07. The lowest BCUT2D eigenvalue weighted by Gasteiger charge is -1.99. The largest absolute Gasteiger partial charge is 0.272 e. The molecule has 1 heterocycles. The zero-order chi connectivity index (χ0) is 15.6. The van der Waals surface area contributed by atoms with Gasteiger partial charge in [-0.1, -0.05) is 68.9 Å². The van der Waals surface area contributed by atoms with Gasteiger partial charge in [-0.2, -0.15) is 4.68 Å². The van der Waals surface area contributed by atoms with Crippen molar-refractivity contribution in [2.45, 2.75) is 58.3 Å². The summed E-state index contributed by atoms with van der Waals surface area (Å²) in [7, 11) is 0. The Morgan fingerprint density at radius 3 is 2.64 bits per heavy atom. The Morgan fingerprint density at radius 1 is 1.09 bits per heavy atom. The second-order valence-electron chi connectivity index (χ2n) is 5.64. The number of para-hydroxylation sites is 1. The second-order valence-corrected chi connectivity index (χ2v) is 5.64. The first kappa shape index (κ1) is 16.4. The first-order chi connectivity index (χ1) is 10.8. The molecule has 0 atom stereocenters. The molecule has 22 heavy (non-hydrogen) atoms. The second kappa shape index (κ2) is 9.13. The molecule has 0 aliphatic heterocycles. The molecule has 118 valence electrons. The number of carbonyl (C=O) groups excluding carboxylic acids is 1. The standard InChI is InChI=1S/C18H25N3O/c1-2-3-4-5-6-7-8-9-10-15-18(22)21-17-14-12-11-13-16(17)19-20-21/h10-15H,2-9H2,1H3/b15-10+. The number of hydrogen-bond donors (Lipinski definition) is 0. The first-order valence-corrected chi connectivity index (χ1v) is 8.34. The zero-order valence-electron chi connectivity index (χ0n) is 13.4. The highest BCUT2D eigenvalue weighted by molar-refractivity contribution is 5.95. The van der Waals surface area contributed by atoms with Crippen molar-refractivity contribution in [2.24, 2.45) is 0 Å². The van der Waals surface area contributed by atoms with Gasteiger partial charge in [0.15, 0.2) is 0 Å². The molecule has 1 aromatic carbocycles. The summed E-state index contributed by atoms with van der Waals surface area (Å²) in [5.41, 5.74) is 1.50. The third-order valence-electron chi connectivity index (χ3n) is 3.80. The van der Waals surface area contributed by atoms with Crippen molar-refractivity contribution in [1.29, 1.82) is 0 Å². The average molecular weight is 299 g/mol. The van der Waals surface area contributed by atoms with Crippen LogP contribution in [0, 0.1) is 0 Å². The number of fused-ring (bicyclic) bond motifs is 1. The van der Waals surface area contributed by atoms with E-state index in [-0.39, 0.29) is 5.91 Å². The Hall–Kier alpha value is -1.97. The Bertz CT molecular complexity index is 616. The predicted octanol–water partition coefficient (Wildman–Crippen LogP) is 4.77. The normalized spacial score (nSPS) is 11.5. The number of nitrogens with zero attached hydrogens (tertiary/aromatic N) is 3. The average Bonchev–Trinajstić information content (AvgIpc) is 2.97. The number of benzene rings is 1. The van der Waals surface area contributed by atoms with Crippen LogP contribution >= 0.6 is 0 Å². The number of hydrogen-bond acceptors (Lipinski definition) is 3. The van der Waals surface area contributed by atoms with Gasteiger partial charge >= 0.3 is 0 Å².